The molecule has 6 heteroatoms. The Labute approximate surface area is 130 Å². The van der Waals surface area contributed by atoms with Crippen LogP contribution in [0.4, 0.5) is 0 Å². The number of hydrazine groups is 1. The third-order valence-electron chi connectivity index (χ3n) is 3.45. The standard InChI is InChI=1S/C14H27BrN4O/c1-7-20-13(14(3,4)5)10(17-16)8-11-12(15)9(2)18-19(11)6/h10,13,17H,7-8,16H2,1-6H3. The van der Waals surface area contributed by atoms with Crippen LogP contribution in [0, 0.1) is 12.3 Å². The number of halogens is 1. The van der Waals surface area contributed by atoms with E-state index < -0.39 is 0 Å². The van der Waals surface area contributed by atoms with E-state index in [0.29, 0.717) is 6.61 Å². The molecule has 0 saturated carbocycles. The second-order valence-corrected chi connectivity index (χ2v) is 6.98. The molecule has 1 aromatic rings. The molecule has 0 bridgehead atoms. The van der Waals surface area contributed by atoms with Crippen molar-refractivity contribution in [3.8, 4) is 0 Å². The smallest absolute Gasteiger partial charge is 0.0793 e. The van der Waals surface area contributed by atoms with Gasteiger partial charge in [0, 0.05) is 20.1 Å². The number of nitrogens with zero attached hydrogens (tertiary/aromatic N) is 2. The maximum Gasteiger partial charge on any atom is 0.0793 e. The van der Waals surface area contributed by atoms with Crippen molar-refractivity contribution < 1.29 is 4.74 Å². The van der Waals surface area contributed by atoms with E-state index in [9.17, 15) is 0 Å². The zero-order valence-corrected chi connectivity index (χ0v) is 14.9. The molecule has 0 spiro atoms. The van der Waals surface area contributed by atoms with Crippen molar-refractivity contribution in [2.45, 2.75) is 53.2 Å². The molecular weight excluding hydrogens is 320 g/mol. The Hall–Kier alpha value is -0.430. The van der Waals surface area contributed by atoms with Crippen molar-refractivity contribution in [1.82, 2.24) is 15.2 Å². The first-order chi connectivity index (χ1) is 9.22. The lowest BCUT2D eigenvalue weighted by Gasteiger charge is -2.36. The first-order valence-electron chi connectivity index (χ1n) is 6.98. The van der Waals surface area contributed by atoms with Gasteiger partial charge in [-0.1, -0.05) is 20.8 Å². The van der Waals surface area contributed by atoms with Gasteiger partial charge in [0.05, 0.1) is 28.0 Å². The second-order valence-electron chi connectivity index (χ2n) is 6.19. The third-order valence-corrected chi connectivity index (χ3v) is 4.49. The average Bonchev–Trinajstić information content (AvgIpc) is 2.58. The Bertz CT molecular complexity index is 439. The monoisotopic (exact) mass is 346 g/mol. The van der Waals surface area contributed by atoms with Crippen molar-refractivity contribution in [3.63, 3.8) is 0 Å². The highest BCUT2D eigenvalue weighted by Gasteiger charge is 2.33. The molecule has 0 aromatic carbocycles. The summed E-state index contributed by atoms with van der Waals surface area (Å²) in [6.45, 7) is 11.2. The van der Waals surface area contributed by atoms with Crippen molar-refractivity contribution in [2.75, 3.05) is 6.61 Å². The minimum Gasteiger partial charge on any atom is -0.376 e. The molecule has 0 radical (unpaired) electrons. The minimum atomic E-state index is 0.00710. The van der Waals surface area contributed by atoms with Gasteiger partial charge in [0.2, 0.25) is 0 Å². The fourth-order valence-electron chi connectivity index (χ4n) is 2.51. The topological polar surface area (TPSA) is 65.1 Å². The number of nitrogens with one attached hydrogen (secondary N) is 1. The summed E-state index contributed by atoms with van der Waals surface area (Å²) < 4.78 is 8.87. The van der Waals surface area contributed by atoms with E-state index in [1.54, 1.807) is 0 Å². The second kappa shape index (κ2) is 7.02. The van der Waals surface area contributed by atoms with Crippen LogP contribution in [-0.2, 0) is 18.2 Å². The van der Waals surface area contributed by atoms with E-state index in [4.69, 9.17) is 10.6 Å². The Morgan fingerprint density at radius 1 is 1.45 bits per heavy atom. The van der Waals surface area contributed by atoms with Crippen LogP contribution in [0.3, 0.4) is 0 Å². The normalized spacial score (nSPS) is 15.4. The van der Waals surface area contributed by atoms with Gasteiger partial charge in [-0.05, 0) is 35.2 Å². The SMILES string of the molecule is CCOC(C(Cc1c(Br)c(C)nn1C)NN)C(C)(C)C. The lowest BCUT2D eigenvalue weighted by molar-refractivity contribution is -0.0359. The van der Waals surface area contributed by atoms with Crippen molar-refractivity contribution in [2.24, 2.45) is 18.3 Å². The van der Waals surface area contributed by atoms with Gasteiger partial charge in [0.25, 0.3) is 0 Å². The molecule has 1 heterocycles. The molecule has 1 rings (SSSR count). The van der Waals surface area contributed by atoms with Crippen LogP contribution in [0.25, 0.3) is 0 Å². The Balaban J connectivity index is 3.00. The maximum absolute atomic E-state index is 5.93. The van der Waals surface area contributed by atoms with E-state index in [2.05, 4.69) is 47.2 Å². The molecule has 5 nitrogen and oxygen atoms in total. The highest BCUT2D eigenvalue weighted by atomic mass is 79.9. The summed E-state index contributed by atoms with van der Waals surface area (Å²) in [6.07, 6.45) is 0.788. The summed E-state index contributed by atoms with van der Waals surface area (Å²) in [6, 6.07) is 0.0287. The molecule has 0 fully saturated rings. The number of nitrogens with two attached hydrogens (primary N) is 1. The molecule has 0 aliphatic heterocycles. The van der Waals surface area contributed by atoms with Crippen molar-refractivity contribution in [3.05, 3.63) is 15.9 Å². The molecule has 0 saturated heterocycles. The molecule has 1 aromatic heterocycles. The summed E-state index contributed by atoms with van der Waals surface area (Å²) >= 11 is 3.60. The van der Waals surface area contributed by atoms with Crippen LogP contribution >= 0.6 is 15.9 Å². The molecule has 116 valence electrons. The lowest BCUT2D eigenvalue weighted by Crippen LogP contribution is -2.52. The number of hydrogen-bond acceptors (Lipinski definition) is 4. The van der Waals surface area contributed by atoms with Crippen molar-refractivity contribution in [1.29, 1.82) is 0 Å². The first-order valence-corrected chi connectivity index (χ1v) is 7.77. The quantitative estimate of drug-likeness (QED) is 0.612. The number of hydrogen-bond donors (Lipinski definition) is 2. The predicted octanol–water partition coefficient (Wildman–Crippen LogP) is 2.32. The summed E-state index contributed by atoms with van der Waals surface area (Å²) in [5, 5.41) is 4.43. The fourth-order valence-corrected chi connectivity index (χ4v) is 3.01. The van der Waals surface area contributed by atoms with Crippen LogP contribution in [0.5, 0.6) is 0 Å². The molecule has 2 atom stereocenters. The van der Waals surface area contributed by atoms with Gasteiger partial charge in [-0.15, -0.1) is 0 Å². The Morgan fingerprint density at radius 2 is 2.05 bits per heavy atom. The highest BCUT2D eigenvalue weighted by molar-refractivity contribution is 9.10. The third kappa shape index (κ3) is 4.04. The van der Waals surface area contributed by atoms with Gasteiger partial charge in [0.15, 0.2) is 0 Å². The van der Waals surface area contributed by atoms with Gasteiger partial charge in [0.1, 0.15) is 0 Å². The Kier molecular flexibility index (Phi) is 6.19. The van der Waals surface area contributed by atoms with E-state index in [0.717, 1.165) is 22.3 Å². The Morgan fingerprint density at radius 3 is 2.40 bits per heavy atom. The number of aryl methyl sites for hydroxylation is 2. The van der Waals surface area contributed by atoms with Crippen LogP contribution in [0.15, 0.2) is 4.47 Å². The average molecular weight is 347 g/mol. The number of rotatable bonds is 6. The predicted molar refractivity (Wildman–Crippen MR) is 85.3 cm³/mol. The van der Waals surface area contributed by atoms with Crippen LogP contribution < -0.4 is 11.3 Å². The van der Waals surface area contributed by atoms with Crippen LogP contribution in [0.1, 0.15) is 39.1 Å². The van der Waals surface area contributed by atoms with Gasteiger partial charge >= 0.3 is 0 Å². The summed E-state index contributed by atoms with van der Waals surface area (Å²) in [4.78, 5) is 0. The summed E-state index contributed by atoms with van der Waals surface area (Å²) in [7, 11) is 1.95. The van der Waals surface area contributed by atoms with E-state index >= 15 is 0 Å². The lowest BCUT2D eigenvalue weighted by atomic mass is 9.83. The number of ether oxygens (including phenoxy) is 1. The van der Waals surface area contributed by atoms with E-state index in [1.807, 2.05) is 25.6 Å². The number of aromatic nitrogens is 2. The highest BCUT2D eigenvalue weighted by Crippen LogP contribution is 2.28. The fraction of sp³-hybridized carbons (Fsp3) is 0.786. The van der Waals surface area contributed by atoms with E-state index in [-0.39, 0.29) is 17.6 Å². The molecular formula is C14H27BrN4O. The molecule has 2 unspecified atom stereocenters. The van der Waals surface area contributed by atoms with Crippen LogP contribution in [-0.4, -0.2) is 28.5 Å². The first kappa shape index (κ1) is 17.6. The van der Waals surface area contributed by atoms with E-state index in [1.165, 1.54) is 0 Å². The van der Waals surface area contributed by atoms with Crippen molar-refractivity contribution >= 4 is 15.9 Å². The largest absolute Gasteiger partial charge is 0.376 e. The van der Waals surface area contributed by atoms with Crippen LogP contribution in [0.2, 0.25) is 0 Å². The summed E-state index contributed by atoms with van der Waals surface area (Å²) in [5.41, 5.74) is 5.04. The molecule has 0 amide bonds. The molecule has 20 heavy (non-hydrogen) atoms. The zero-order chi connectivity index (χ0) is 15.5. The van der Waals surface area contributed by atoms with Gasteiger partial charge in [-0.25, -0.2) is 0 Å². The molecule has 3 N–H and O–H groups in total. The molecule has 0 aliphatic carbocycles. The minimum absolute atomic E-state index is 0.00710. The maximum atomic E-state index is 5.93. The molecule has 0 aliphatic rings. The van der Waals surface area contributed by atoms with Gasteiger partial charge in [-0.3, -0.25) is 16.0 Å². The zero-order valence-electron chi connectivity index (χ0n) is 13.3. The van der Waals surface area contributed by atoms with Gasteiger partial charge in [-0.2, -0.15) is 5.10 Å². The summed E-state index contributed by atoms with van der Waals surface area (Å²) in [5.74, 6) is 5.78. The van der Waals surface area contributed by atoms with Gasteiger partial charge < -0.3 is 4.74 Å².